The van der Waals surface area contributed by atoms with Crippen LogP contribution in [-0.2, 0) is 16.0 Å². The number of aryl methyl sites for hydroxylation is 1. The first-order valence-corrected chi connectivity index (χ1v) is 7.73. The van der Waals surface area contributed by atoms with Gasteiger partial charge in [-0.15, -0.1) is 0 Å². The van der Waals surface area contributed by atoms with Crippen molar-refractivity contribution in [3.05, 3.63) is 48.3 Å². The van der Waals surface area contributed by atoms with Crippen molar-refractivity contribution in [1.29, 1.82) is 0 Å². The second-order valence-electron chi connectivity index (χ2n) is 5.79. The number of nitrogens with zero attached hydrogens (tertiary/aromatic N) is 3. The SMILES string of the molecule is O=C(O)C1CCN(C(=O)CCc2cnn(-c3ccccc3)c2)C1. The summed E-state index contributed by atoms with van der Waals surface area (Å²) in [6.07, 6.45) is 5.23. The van der Waals surface area contributed by atoms with Crippen molar-refractivity contribution in [2.45, 2.75) is 19.3 Å². The lowest BCUT2D eigenvalue weighted by atomic mass is 10.1. The van der Waals surface area contributed by atoms with Crippen LogP contribution in [0.2, 0.25) is 0 Å². The van der Waals surface area contributed by atoms with Crippen LogP contribution in [0.15, 0.2) is 42.7 Å². The predicted octanol–water partition coefficient (Wildman–Crippen LogP) is 1.74. The van der Waals surface area contributed by atoms with E-state index in [1.54, 1.807) is 15.8 Å². The zero-order valence-electron chi connectivity index (χ0n) is 12.8. The zero-order valence-corrected chi connectivity index (χ0v) is 12.8. The zero-order chi connectivity index (χ0) is 16.2. The van der Waals surface area contributed by atoms with E-state index in [1.165, 1.54) is 0 Å². The molecular weight excluding hydrogens is 294 g/mol. The van der Waals surface area contributed by atoms with Crippen LogP contribution < -0.4 is 0 Å². The van der Waals surface area contributed by atoms with E-state index in [4.69, 9.17) is 5.11 Å². The van der Waals surface area contributed by atoms with Gasteiger partial charge in [-0.2, -0.15) is 5.10 Å². The molecule has 1 N–H and O–H groups in total. The van der Waals surface area contributed by atoms with E-state index in [1.807, 2.05) is 36.5 Å². The molecule has 1 aliphatic rings. The lowest BCUT2D eigenvalue weighted by Gasteiger charge is -2.15. The number of hydrogen-bond acceptors (Lipinski definition) is 3. The quantitative estimate of drug-likeness (QED) is 0.912. The molecule has 1 aromatic carbocycles. The number of aliphatic carboxylic acids is 1. The minimum Gasteiger partial charge on any atom is -0.481 e. The highest BCUT2D eigenvalue weighted by molar-refractivity contribution is 5.78. The van der Waals surface area contributed by atoms with Gasteiger partial charge in [-0.05, 0) is 30.5 Å². The average Bonchev–Trinajstić information content (AvgIpc) is 3.23. The highest BCUT2D eigenvalue weighted by Crippen LogP contribution is 2.18. The van der Waals surface area contributed by atoms with Crippen LogP contribution in [0.5, 0.6) is 0 Å². The first-order chi connectivity index (χ1) is 11.1. The molecule has 1 saturated heterocycles. The van der Waals surface area contributed by atoms with E-state index in [0.29, 0.717) is 32.4 Å². The highest BCUT2D eigenvalue weighted by atomic mass is 16.4. The lowest BCUT2D eigenvalue weighted by molar-refractivity contribution is -0.141. The fourth-order valence-electron chi connectivity index (χ4n) is 2.81. The molecule has 0 spiro atoms. The van der Waals surface area contributed by atoms with Crippen molar-refractivity contribution in [3.8, 4) is 5.69 Å². The molecule has 1 atom stereocenters. The van der Waals surface area contributed by atoms with Crippen molar-refractivity contribution in [2.75, 3.05) is 13.1 Å². The molecule has 6 nitrogen and oxygen atoms in total. The normalized spacial score (nSPS) is 17.4. The monoisotopic (exact) mass is 313 g/mol. The third-order valence-corrected chi connectivity index (χ3v) is 4.17. The van der Waals surface area contributed by atoms with Crippen LogP contribution in [0.4, 0.5) is 0 Å². The topological polar surface area (TPSA) is 75.4 Å². The Morgan fingerprint density at radius 1 is 1.26 bits per heavy atom. The number of carboxylic acids is 1. The number of carbonyl (C=O) groups excluding carboxylic acids is 1. The second kappa shape index (κ2) is 6.64. The van der Waals surface area contributed by atoms with Gasteiger partial charge in [-0.1, -0.05) is 18.2 Å². The second-order valence-corrected chi connectivity index (χ2v) is 5.79. The molecule has 1 aliphatic heterocycles. The summed E-state index contributed by atoms with van der Waals surface area (Å²) in [6.45, 7) is 0.872. The van der Waals surface area contributed by atoms with Crippen LogP contribution in [-0.4, -0.2) is 44.8 Å². The van der Waals surface area contributed by atoms with Crippen molar-refractivity contribution in [3.63, 3.8) is 0 Å². The number of hydrogen-bond donors (Lipinski definition) is 1. The van der Waals surface area contributed by atoms with E-state index in [9.17, 15) is 9.59 Å². The third-order valence-electron chi connectivity index (χ3n) is 4.17. The van der Waals surface area contributed by atoms with E-state index in [2.05, 4.69) is 5.10 Å². The Kier molecular flexibility index (Phi) is 4.41. The smallest absolute Gasteiger partial charge is 0.308 e. The summed E-state index contributed by atoms with van der Waals surface area (Å²) < 4.78 is 1.79. The summed E-state index contributed by atoms with van der Waals surface area (Å²) in [4.78, 5) is 24.8. The van der Waals surface area contributed by atoms with Gasteiger partial charge in [0.2, 0.25) is 5.91 Å². The van der Waals surface area contributed by atoms with Crippen LogP contribution >= 0.6 is 0 Å². The van der Waals surface area contributed by atoms with Gasteiger partial charge in [-0.25, -0.2) is 4.68 Å². The number of carbonyl (C=O) groups is 2. The van der Waals surface area contributed by atoms with Crippen molar-refractivity contribution >= 4 is 11.9 Å². The Bertz CT molecular complexity index is 696. The van der Waals surface area contributed by atoms with Gasteiger partial charge in [0.25, 0.3) is 0 Å². The molecule has 1 unspecified atom stereocenters. The van der Waals surface area contributed by atoms with Gasteiger partial charge >= 0.3 is 5.97 Å². The molecule has 0 radical (unpaired) electrons. The first kappa shape index (κ1) is 15.3. The van der Waals surface area contributed by atoms with Crippen LogP contribution in [0.1, 0.15) is 18.4 Å². The Balaban J connectivity index is 1.54. The van der Waals surface area contributed by atoms with Gasteiger partial charge in [0.15, 0.2) is 0 Å². The molecule has 23 heavy (non-hydrogen) atoms. The van der Waals surface area contributed by atoms with E-state index >= 15 is 0 Å². The van der Waals surface area contributed by atoms with Gasteiger partial charge in [0, 0.05) is 25.7 Å². The summed E-state index contributed by atoms with van der Waals surface area (Å²) in [6, 6.07) is 9.79. The molecule has 2 heterocycles. The molecule has 2 aromatic rings. The molecular formula is C17H19N3O3. The maximum absolute atomic E-state index is 12.2. The average molecular weight is 313 g/mol. The number of rotatable bonds is 5. The minimum atomic E-state index is -0.815. The third kappa shape index (κ3) is 3.59. The minimum absolute atomic E-state index is 0.0150. The predicted molar refractivity (Wildman–Crippen MR) is 84.2 cm³/mol. The molecule has 0 saturated carbocycles. The summed E-state index contributed by atoms with van der Waals surface area (Å²) in [5, 5.41) is 13.3. The number of amides is 1. The largest absolute Gasteiger partial charge is 0.481 e. The standard InChI is InChI=1S/C17H19N3O3/c21-16(19-9-8-14(12-19)17(22)23)7-6-13-10-18-20(11-13)15-4-2-1-3-5-15/h1-5,10-11,14H,6-9,12H2,(H,22,23). The summed E-state index contributed by atoms with van der Waals surface area (Å²) in [5.74, 6) is -1.22. The molecule has 6 heteroatoms. The number of aromatic nitrogens is 2. The lowest BCUT2D eigenvalue weighted by Crippen LogP contribution is -2.30. The van der Waals surface area contributed by atoms with E-state index in [0.717, 1.165) is 11.3 Å². The molecule has 1 aromatic heterocycles. The van der Waals surface area contributed by atoms with Gasteiger partial charge in [-0.3, -0.25) is 9.59 Å². The Morgan fingerprint density at radius 2 is 2.04 bits per heavy atom. The molecule has 1 fully saturated rings. The van der Waals surface area contributed by atoms with Crippen molar-refractivity contribution in [2.24, 2.45) is 5.92 Å². The molecule has 120 valence electrons. The molecule has 3 rings (SSSR count). The fraction of sp³-hybridized carbons (Fsp3) is 0.353. The number of likely N-dealkylation sites (tertiary alicyclic amines) is 1. The fourth-order valence-corrected chi connectivity index (χ4v) is 2.81. The Hall–Kier alpha value is -2.63. The summed E-state index contributed by atoms with van der Waals surface area (Å²) in [5.41, 5.74) is 1.98. The van der Waals surface area contributed by atoms with Gasteiger partial charge in [0.1, 0.15) is 0 Å². The van der Waals surface area contributed by atoms with Crippen LogP contribution in [0.25, 0.3) is 5.69 Å². The molecule has 0 bridgehead atoms. The van der Waals surface area contributed by atoms with Crippen LogP contribution in [0, 0.1) is 5.92 Å². The Labute approximate surface area is 134 Å². The first-order valence-electron chi connectivity index (χ1n) is 7.73. The number of carboxylic acid groups (broad SMARTS) is 1. The maximum atomic E-state index is 12.2. The number of para-hydroxylation sites is 1. The van der Waals surface area contributed by atoms with E-state index < -0.39 is 11.9 Å². The highest BCUT2D eigenvalue weighted by Gasteiger charge is 2.30. The number of benzene rings is 1. The van der Waals surface area contributed by atoms with Crippen molar-refractivity contribution in [1.82, 2.24) is 14.7 Å². The van der Waals surface area contributed by atoms with Gasteiger partial charge < -0.3 is 10.0 Å². The molecule has 0 aliphatic carbocycles. The van der Waals surface area contributed by atoms with Crippen LogP contribution in [0.3, 0.4) is 0 Å². The van der Waals surface area contributed by atoms with Gasteiger partial charge in [0.05, 0.1) is 17.8 Å². The maximum Gasteiger partial charge on any atom is 0.308 e. The Morgan fingerprint density at radius 3 is 2.74 bits per heavy atom. The van der Waals surface area contributed by atoms with E-state index in [-0.39, 0.29) is 5.91 Å². The van der Waals surface area contributed by atoms with Crippen molar-refractivity contribution < 1.29 is 14.7 Å². The molecule has 1 amide bonds. The summed E-state index contributed by atoms with van der Waals surface area (Å²) >= 11 is 0. The summed E-state index contributed by atoms with van der Waals surface area (Å²) in [7, 11) is 0.